The molecule has 0 N–H and O–H groups in total. The predicted octanol–water partition coefficient (Wildman–Crippen LogP) is 5.58. The van der Waals surface area contributed by atoms with Gasteiger partial charge in [-0.05, 0) is 76.1 Å². The summed E-state index contributed by atoms with van der Waals surface area (Å²) in [5.41, 5.74) is 1.70. The van der Waals surface area contributed by atoms with Crippen LogP contribution in [0.3, 0.4) is 0 Å². The Hall–Kier alpha value is -3.38. The summed E-state index contributed by atoms with van der Waals surface area (Å²) in [6.07, 6.45) is 3.15. The minimum Gasteiger partial charge on any atom is -0.497 e. The van der Waals surface area contributed by atoms with E-state index in [2.05, 4.69) is 15.9 Å². The van der Waals surface area contributed by atoms with Crippen molar-refractivity contribution in [3.05, 3.63) is 94.0 Å². The molecule has 0 unspecified atom stereocenters. The number of ketones is 1. The lowest BCUT2D eigenvalue weighted by atomic mass is 10.1. The number of allylic oxidation sites excluding steroid dienone is 1. The number of carbonyl (C=O) groups excluding carboxylic acids is 2. The lowest BCUT2D eigenvalue weighted by Gasteiger charge is -2.10. The van der Waals surface area contributed by atoms with Gasteiger partial charge in [-0.25, -0.2) is 4.79 Å². The highest BCUT2D eigenvalue weighted by atomic mass is 79.9. The molecule has 0 spiro atoms. The SMILES string of the molecule is COc1ccc(C(=O)/C=C/c2ccc(OC(=O)c3ccccc3Br)c(OC)c2)cc1. The Morgan fingerprint density at radius 2 is 1.60 bits per heavy atom. The van der Waals surface area contributed by atoms with E-state index < -0.39 is 5.97 Å². The molecule has 0 aliphatic carbocycles. The van der Waals surface area contributed by atoms with Crippen LogP contribution in [0.25, 0.3) is 6.08 Å². The van der Waals surface area contributed by atoms with E-state index >= 15 is 0 Å². The number of halogens is 1. The van der Waals surface area contributed by atoms with Crippen LogP contribution in [0.4, 0.5) is 0 Å². The van der Waals surface area contributed by atoms with Crippen molar-refractivity contribution in [3.63, 3.8) is 0 Å². The van der Waals surface area contributed by atoms with Crippen molar-refractivity contribution >= 4 is 33.8 Å². The molecule has 0 saturated carbocycles. The first-order valence-electron chi connectivity index (χ1n) is 9.03. The lowest BCUT2D eigenvalue weighted by Crippen LogP contribution is -2.10. The molecular weight excluding hydrogens is 448 g/mol. The average Bonchev–Trinajstić information content (AvgIpc) is 2.78. The molecule has 0 atom stereocenters. The highest BCUT2D eigenvalue weighted by Crippen LogP contribution is 2.30. The molecule has 152 valence electrons. The highest BCUT2D eigenvalue weighted by molar-refractivity contribution is 9.10. The van der Waals surface area contributed by atoms with Crippen LogP contribution in [0.2, 0.25) is 0 Å². The Balaban J connectivity index is 1.74. The van der Waals surface area contributed by atoms with Crippen LogP contribution in [-0.2, 0) is 0 Å². The summed E-state index contributed by atoms with van der Waals surface area (Å²) in [7, 11) is 3.06. The number of hydrogen-bond donors (Lipinski definition) is 0. The zero-order valence-corrected chi connectivity index (χ0v) is 18.0. The fraction of sp³-hybridized carbons (Fsp3) is 0.0833. The van der Waals surface area contributed by atoms with E-state index in [9.17, 15) is 9.59 Å². The van der Waals surface area contributed by atoms with Crippen molar-refractivity contribution in [2.45, 2.75) is 0 Å². The van der Waals surface area contributed by atoms with E-state index in [-0.39, 0.29) is 11.5 Å². The van der Waals surface area contributed by atoms with Gasteiger partial charge in [0.2, 0.25) is 0 Å². The summed E-state index contributed by atoms with van der Waals surface area (Å²) in [5, 5.41) is 0. The van der Waals surface area contributed by atoms with E-state index in [4.69, 9.17) is 14.2 Å². The quantitative estimate of drug-likeness (QED) is 0.197. The maximum absolute atomic E-state index is 12.4. The van der Waals surface area contributed by atoms with Gasteiger partial charge in [-0.3, -0.25) is 4.79 Å². The summed E-state index contributed by atoms with van der Waals surface area (Å²) in [6.45, 7) is 0. The summed E-state index contributed by atoms with van der Waals surface area (Å²) >= 11 is 3.34. The van der Waals surface area contributed by atoms with Crippen LogP contribution in [0, 0.1) is 0 Å². The van der Waals surface area contributed by atoms with Crippen molar-refractivity contribution in [1.29, 1.82) is 0 Å². The van der Waals surface area contributed by atoms with E-state index in [0.29, 0.717) is 27.1 Å². The second-order valence-electron chi connectivity index (χ2n) is 6.21. The van der Waals surface area contributed by atoms with Gasteiger partial charge in [0.05, 0.1) is 19.8 Å². The van der Waals surface area contributed by atoms with Gasteiger partial charge in [0.25, 0.3) is 0 Å². The molecule has 0 heterocycles. The van der Waals surface area contributed by atoms with Crippen molar-refractivity contribution in [2.24, 2.45) is 0 Å². The third-order valence-corrected chi connectivity index (χ3v) is 4.98. The number of methoxy groups -OCH3 is 2. The largest absolute Gasteiger partial charge is 0.497 e. The summed E-state index contributed by atoms with van der Waals surface area (Å²) in [4.78, 5) is 24.8. The zero-order valence-electron chi connectivity index (χ0n) is 16.4. The van der Waals surface area contributed by atoms with Crippen LogP contribution >= 0.6 is 15.9 Å². The first-order chi connectivity index (χ1) is 14.5. The number of ether oxygens (including phenoxy) is 3. The summed E-state index contributed by atoms with van der Waals surface area (Å²) < 4.78 is 16.6. The minimum atomic E-state index is -0.501. The molecule has 30 heavy (non-hydrogen) atoms. The van der Waals surface area contributed by atoms with Crippen molar-refractivity contribution in [2.75, 3.05) is 14.2 Å². The Morgan fingerprint density at radius 3 is 2.27 bits per heavy atom. The molecule has 0 bridgehead atoms. The molecule has 3 aromatic carbocycles. The summed E-state index contributed by atoms with van der Waals surface area (Å²) in [5.74, 6) is 0.721. The number of hydrogen-bond acceptors (Lipinski definition) is 5. The van der Waals surface area contributed by atoms with Crippen molar-refractivity contribution in [3.8, 4) is 17.2 Å². The maximum atomic E-state index is 12.4. The Morgan fingerprint density at radius 1 is 0.867 bits per heavy atom. The van der Waals surface area contributed by atoms with Gasteiger partial charge < -0.3 is 14.2 Å². The number of benzene rings is 3. The molecule has 0 fully saturated rings. The fourth-order valence-corrected chi connectivity index (χ4v) is 3.12. The molecule has 0 amide bonds. The highest BCUT2D eigenvalue weighted by Gasteiger charge is 2.15. The molecule has 3 rings (SSSR count). The van der Waals surface area contributed by atoms with Gasteiger partial charge in [0, 0.05) is 10.0 Å². The third kappa shape index (κ3) is 5.15. The van der Waals surface area contributed by atoms with Gasteiger partial charge in [0.15, 0.2) is 17.3 Å². The predicted molar refractivity (Wildman–Crippen MR) is 118 cm³/mol. The number of esters is 1. The molecule has 6 heteroatoms. The monoisotopic (exact) mass is 466 g/mol. The molecule has 3 aromatic rings. The Kier molecular flexibility index (Phi) is 7.03. The van der Waals surface area contributed by atoms with Crippen LogP contribution in [-0.4, -0.2) is 26.0 Å². The van der Waals surface area contributed by atoms with Gasteiger partial charge in [0.1, 0.15) is 5.75 Å². The number of rotatable bonds is 7. The number of carbonyl (C=O) groups is 2. The molecule has 5 nitrogen and oxygen atoms in total. The van der Waals surface area contributed by atoms with Crippen LogP contribution < -0.4 is 14.2 Å². The van der Waals surface area contributed by atoms with Crippen LogP contribution in [0.1, 0.15) is 26.3 Å². The second-order valence-corrected chi connectivity index (χ2v) is 7.06. The van der Waals surface area contributed by atoms with E-state index in [1.54, 1.807) is 73.8 Å². The van der Waals surface area contributed by atoms with Gasteiger partial charge >= 0.3 is 5.97 Å². The molecule has 0 aliphatic heterocycles. The standard InChI is InChI=1S/C24H19BrO5/c1-28-18-11-9-17(10-12-18)21(26)13-7-16-8-14-22(23(15-16)29-2)30-24(27)19-5-3-4-6-20(19)25/h3-15H,1-2H3/b13-7+. The maximum Gasteiger partial charge on any atom is 0.344 e. The average molecular weight is 467 g/mol. The molecular formula is C24H19BrO5. The second kappa shape index (κ2) is 9.89. The first-order valence-corrected chi connectivity index (χ1v) is 9.82. The molecule has 0 aromatic heterocycles. The van der Waals surface area contributed by atoms with Crippen LogP contribution in [0.15, 0.2) is 77.3 Å². The van der Waals surface area contributed by atoms with E-state index in [0.717, 1.165) is 5.56 Å². The topological polar surface area (TPSA) is 61.8 Å². The van der Waals surface area contributed by atoms with Crippen molar-refractivity contribution in [1.82, 2.24) is 0 Å². The third-order valence-electron chi connectivity index (χ3n) is 4.29. The van der Waals surface area contributed by atoms with E-state index in [1.165, 1.54) is 13.2 Å². The van der Waals surface area contributed by atoms with E-state index in [1.807, 2.05) is 6.07 Å². The Labute approximate surface area is 183 Å². The zero-order chi connectivity index (χ0) is 21.5. The van der Waals surface area contributed by atoms with Gasteiger partial charge in [-0.2, -0.15) is 0 Å². The molecule has 0 radical (unpaired) electrons. The molecule has 0 aliphatic rings. The van der Waals surface area contributed by atoms with Crippen LogP contribution in [0.5, 0.6) is 17.2 Å². The van der Waals surface area contributed by atoms with Crippen molar-refractivity contribution < 1.29 is 23.8 Å². The summed E-state index contributed by atoms with van der Waals surface area (Å²) in [6, 6.07) is 18.9. The smallest absolute Gasteiger partial charge is 0.344 e. The minimum absolute atomic E-state index is 0.138. The lowest BCUT2D eigenvalue weighted by molar-refractivity contribution is 0.0728. The normalized spacial score (nSPS) is 10.6. The first kappa shape index (κ1) is 21.3. The van der Waals surface area contributed by atoms with Gasteiger partial charge in [-0.1, -0.05) is 24.3 Å². The van der Waals surface area contributed by atoms with Gasteiger partial charge in [-0.15, -0.1) is 0 Å². The Bertz CT molecular complexity index is 1090. The fourth-order valence-electron chi connectivity index (χ4n) is 2.68. The molecule has 0 saturated heterocycles.